The highest BCUT2D eigenvalue weighted by atomic mass is 16.2. The summed E-state index contributed by atoms with van der Waals surface area (Å²) < 4.78 is 0. The van der Waals surface area contributed by atoms with E-state index in [1.165, 1.54) is 11.8 Å². The second kappa shape index (κ2) is 5.51. The second-order valence-corrected chi connectivity index (χ2v) is 4.26. The number of ketones is 1. The summed E-state index contributed by atoms with van der Waals surface area (Å²) in [5.74, 6) is -0.276. The molecule has 100 valence electrons. The van der Waals surface area contributed by atoms with E-state index in [4.69, 9.17) is 0 Å². The van der Waals surface area contributed by atoms with Crippen molar-refractivity contribution in [1.82, 2.24) is 10.2 Å². The minimum Gasteiger partial charge on any atom is -0.376 e. The molecule has 0 atom stereocenters. The van der Waals surface area contributed by atoms with E-state index in [0.29, 0.717) is 18.7 Å². The molecule has 0 unspecified atom stereocenters. The highest BCUT2D eigenvalue weighted by Gasteiger charge is 2.25. The van der Waals surface area contributed by atoms with Crippen molar-refractivity contribution in [3.8, 4) is 0 Å². The molecule has 1 aliphatic heterocycles. The maximum absolute atomic E-state index is 11.8. The molecule has 0 aromatic heterocycles. The lowest BCUT2D eigenvalue weighted by Gasteiger charge is -2.13. The van der Waals surface area contributed by atoms with Crippen molar-refractivity contribution in [1.29, 1.82) is 0 Å². The molecule has 6 heteroatoms. The molecule has 1 aromatic rings. The maximum Gasteiger partial charge on any atom is 0.324 e. The van der Waals surface area contributed by atoms with E-state index < -0.39 is 0 Å². The van der Waals surface area contributed by atoms with Crippen LogP contribution in [0.15, 0.2) is 24.3 Å². The molecule has 1 aliphatic rings. The van der Waals surface area contributed by atoms with Crippen LogP contribution in [0, 0.1) is 0 Å². The highest BCUT2D eigenvalue weighted by Crippen LogP contribution is 2.10. The quantitative estimate of drug-likeness (QED) is 0.788. The number of amides is 3. The van der Waals surface area contributed by atoms with Gasteiger partial charge >= 0.3 is 6.03 Å². The fourth-order valence-electron chi connectivity index (χ4n) is 1.81. The lowest BCUT2D eigenvalue weighted by molar-refractivity contribution is -0.125. The van der Waals surface area contributed by atoms with Crippen molar-refractivity contribution in [3.63, 3.8) is 0 Å². The third-order valence-corrected chi connectivity index (χ3v) is 2.89. The van der Waals surface area contributed by atoms with Crippen molar-refractivity contribution in [3.05, 3.63) is 29.8 Å². The number of nitrogens with zero attached hydrogens (tertiary/aromatic N) is 1. The van der Waals surface area contributed by atoms with Crippen LogP contribution in [-0.4, -0.2) is 42.3 Å². The molecule has 3 amide bonds. The van der Waals surface area contributed by atoms with Gasteiger partial charge in [0.05, 0.1) is 6.54 Å². The Labute approximate surface area is 110 Å². The van der Waals surface area contributed by atoms with Gasteiger partial charge in [-0.1, -0.05) is 0 Å². The van der Waals surface area contributed by atoms with Crippen LogP contribution in [0.5, 0.6) is 0 Å². The topological polar surface area (TPSA) is 78.5 Å². The first-order valence-electron chi connectivity index (χ1n) is 6.01. The Bertz CT molecular complexity index is 510. The van der Waals surface area contributed by atoms with E-state index in [9.17, 15) is 14.4 Å². The number of hydrogen-bond donors (Lipinski definition) is 2. The summed E-state index contributed by atoms with van der Waals surface area (Å²) in [5, 5.41) is 5.50. The van der Waals surface area contributed by atoms with Gasteiger partial charge in [-0.05, 0) is 31.2 Å². The van der Waals surface area contributed by atoms with Gasteiger partial charge in [-0.3, -0.25) is 14.5 Å². The predicted octanol–water partition coefficient (Wildman–Crippen LogP) is 0.853. The number of rotatable bonds is 4. The van der Waals surface area contributed by atoms with Crippen molar-refractivity contribution < 1.29 is 14.4 Å². The number of imide groups is 1. The molecule has 0 aliphatic carbocycles. The second-order valence-electron chi connectivity index (χ2n) is 4.26. The number of urea groups is 1. The normalized spacial score (nSPS) is 14.2. The third-order valence-electron chi connectivity index (χ3n) is 2.89. The van der Waals surface area contributed by atoms with Crippen LogP contribution in [0.2, 0.25) is 0 Å². The van der Waals surface area contributed by atoms with E-state index in [1.54, 1.807) is 24.3 Å². The van der Waals surface area contributed by atoms with Crippen LogP contribution in [0.4, 0.5) is 10.5 Å². The summed E-state index contributed by atoms with van der Waals surface area (Å²) in [5.41, 5.74) is 1.36. The van der Waals surface area contributed by atoms with E-state index in [2.05, 4.69) is 10.6 Å². The Hall–Kier alpha value is -2.37. The van der Waals surface area contributed by atoms with Crippen molar-refractivity contribution >= 4 is 23.4 Å². The lowest BCUT2D eigenvalue weighted by Crippen LogP contribution is -2.37. The number of carbonyl (C=O) groups is 3. The van der Waals surface area contributed by atoms with Crippen molar-refractivity contribution in [2.75, 3.05) is 25.0 Å². The predicted molar refractivity (Wildman–Crippen MR) is 70.0 cm³/mol. The summed E-state index contributed by atoms with van der Waals surface area (Å²) in [4.78, 5) is 35.3. The van der Waals surface area contributed by atoms with Crippen LogP contribution in [-0.2, 0) is 4.79 Å². The average molecular weight is 261 g/mol. The zero-order chi connectivity index (χ0) is 13.8. The summed E-state index contributed by atoms with van der Waals surface area (Å²) in [6.45, 7) is 2.45. The van der Waals surface area contributed by atoms with Gasteiger partial charge in [0.1, 0.15) is 0 Å². The van der Waals surface area contributed by atoms with Crippen LogP contribution in [0.3, 0.4) is 0 Å². The van der Waals surface area contributed by atoms with Gasteiger partial charge < -0.3 is 10.6 Å². The molecule has 2 rings (SSSR count). The first-order chi connectivity index (χ1) is 9.08. The Morgan fingerprint density at radius 1 is 1.32 bits per heavy atom. The molecule has 1 heterocycles. The number of nitrogens with one attached hydrogen (secondary N) is 2. The van der Waals surface area contributed by atoms with Gasteiger partial charge in [-0.25, -0.2) is 4.79 Å². The van der Waals surface area contributed by atoms with Gasteiger partial charge in [0.15, 0.2) is 5.78 Å². The fourth-order valence-corrected chi connectivity index (χ4v) is 1.81. The molecule has 0 radical (unpaired) electrons. The summed E-state index contributed by atoms with van der Waals surface area (Å²) >= 11 is 0. The summed E-state index contributed by atoms with van der Waals surface area (Å²) in [6.07, 6.45) is 0. The van der Waals surface area contributed by atoms with Gasteiger partial charge in [0.2, 0.25) is 5.91 Å². The molecule has 2 N–H and O–H groups in total. The Morgan fingerprint density at radius 2 is 2.00 bits per heavy atom. The minimum atomic E-state index is -0.348. The Morgan fingerprint density at radius 3 is 2.53 bits per heavy atom. The first kappa shape index (κ1) is 13.1. The number of anilines is 1. The van der Waals surface area contributed by atoms with E-state index in [1.807, 2.05) is 0 Å². The fraction of sp³-hybridized carbons (Fsp3) is 0.308. The van der Waals surface area contributed by atoms with Gasteiger partial charge in [0, 0.05) is 24.3 Å². The molecule has 1 aromatic carbocycles. The summed E-state index contributed by atoms with van der Waals surface area (Å²) in [6, 6.07) is 6.50. The lowest BCUT2D eigenvalue weighted by atomic mass is 10.1. The molecule has 6 nitrogen and oxygen atoms in total. The van der Waals surface area contributed by atoms with Gasteiger partial charge in [-0.2, -0.15) is 0 Å². The van der Waals surface area contributed by atoms with E-state index in [-0.39, 0.29) is 24.3 Å². The maximum atomic E-state index is 11.8. The smallest absolute Gasteiger partial charge is 0.324 e. The zero-order valence-electron chi connectivity index (χ0n) is 10.6. The zero-order valence-corrected chi connectivity index (χ0v) is 10.6. The van der Waals surface area contributed by atoms with E-state index in [0.717, 1.165) is 5.69 Å². The van der Waals surface area contributed by atoms with Crippen molar-refractivity contribution in [2.24, 2.45) is 0 Å². The SMILES string of the molecule is CC(=O)c1ccc(NCC(=O)N2CCNC2=O)cc1. The molecular formula is C13H15N3O3. The molecule has 0 bridgehead atoms. The summed E-state index contributed by atoms with van der Waals surface area (Å²) in [7, 11) is 0. The molecule has 1 fully saturated rings. The Kier molecular flexibility index (Phi) is 3.79. The Balaban J connectivity index is 1.89. The number of carbonyl (C=O) groups excluding carboxylic acids is 3. The van der Waals surface area contributed by atoms with Crippen LogP contribution in [0.25, 0.3) is 0 Å². The van der Waals surface area contributed by atoms with Gasteiger partial charge in [-0.15, -0.1) is 0 Å². The number of Topliss-reactive ketones (excluding diaryl/α,β-unsaturated/α-hetero) is 1. The van der Waals surface area contributed by atoms with Crippen molar-refractivity contribution in [2.45, 2.75) is 6.92 Å². The molecule has 1 saturated heterocycles. The van der Waals surface area contributed by atoms with Gasteiger partial charge in [0.25, 0.3) is 0 Å². The highest BCUT2D eigenvalue weighted by molar-refractivity contribution is 5.97. The molecular weight excluding hydrogens is 246 g/mol. The number of benzene rings is 1. The molecule has 0 spiro atoms. The molecule has 19 heavy (non-hydrogen) atoms. The standard InChI is InChI=1S/C13H15N3O3/c1-9(17)10-2-4-11(5-3-10)15-8-12(18)16-7-6-14-13(16)19/h2-5,15H,6-8H2,1H3,(H,14,19). The minimum absolute atomic E-state index is 0.00337. The average Bonchev–Trinajstić information content (AvgIpc) is 2.83. The van der Waals surface area contributed by atoms with Crippen LogP contribution < -0.4 is 10.6 Å². The monoisotopic (exact) mass is 261 g/mol. The largest absolute Gasteiger partial charge is 0.376 e. The molecule has 0 saturated carbocycles. The third kappa shape index (κ3) is 3.09. The van der Waals surface area contributed by atoms with E-state index >= 15 is 0 Å². The van der Waals surface area contributed by atoms with Crippen LogP contribution >= 0.6 is 0 Å². The first-order valence-corrected chi connectivity index (χ1v) is 6.01. The van der Waals surface area contributed by atoms with Crippen LogP contribution in [0.1, 0.15) is 17.3 Å². The number of hydrogen-bond acceptors (Lipinski definition) is 4.